The summed E-state index contributed by atoms with van der Waals surface area (Å²) in [6, 6.07) is 0. The van der Waals surface area contributed by atoms with E-state index in [2.05, 4.69) is 0 Å². The van der Waals surface area contributed by atoms with Crippen LogP contribution in [-0.4, -0.2) is 25.8 Å². The van der Waals surface area contributed by atoms with Crippen LogP contribution in [0.4, 0.5) is 0 Å². The maximum atomic E-state index is 0. The van der Waals surface area contributed by atoms with Crippen LogP contribution in [0.1, 0.15) is 0 Å². The van der Waals surface area contributed by atoms with Crippen LogP contribution in [0.15, 0.2) is 0 Å². The van der Waals surface area contributed by atoms with Gasteiger partial charge in [-0.2, -0.15) is 0 Å². The molecule has 0 aliphatic rings. The first-order valence-corrected chi connectivity index (χ1v) is 0. The third-order valence-corrected chi connectivity index (χ3v) is 0. The second-order valence-electron chi connectivity index (χ2n) is 0. The van der Waals surface area contributed by atoms with Crippen molar-refractivity contribution in [2.24, 2.45) is 0 Å². The molecule has 5 heteroatoms. The van der Waals surface area contributed by atoms with E-state index < -0.39 is 0 Å². The van der Waals surface area contributed by atoms with Gasteiger partial charge in [0.1, 0.15) is 0 Å². The van der Waals surface area contributed by atoms with Gasteiger partial charge < -0.3 is 0 Å². The molecule has 0 bridgehead atoms. The molecule has 0 heterocycles. The molecule has 0 nitrogen and oxygen atoms in total. The van der Waals surface area contributed by atoms with E-state index in [9.17, 15) is 0 Å². The Labute approximate surface area is 95.6 Å². The molecule has 0 unspecified atom stereocenters. The fraction of sp³-hybridized carbons (Fsp3) is 0. The third-order valence-electron chi connectivity index (χ3n) is 0. The van der Waals surface area contributed by atoms with E-state index in [4.69, 9.17) is 0 Å². The van der Waals surface area contributed by atoms with Gasteiger partial charge in [-0.1, -0.05) is 0 Å². The second-order valence-corrected chi connectivity index (χ2v) is 0. The van der Waals surface area contributed by atoms with E-state index in [-0.39, 0.29) is 97.2 Å². The van der Waals surface area contributed by atoms with Gasteiger partial charge in [-0.25, -0.2) is 0 Å². The molecule has 0 rings (SSSR count). The van der Waals surface area contributed by atoms with Gasteiger partial charge >= 0.3 is 0 Å². The Kier molecular flexibility index (Phi) is 236. The van der Waals surface area contributed by atoms with E-state index in [1.165, 1.54) is 0 Å². The van der Waals surface area contributed by atoms with E-state index in [1.807, 2.05) is 0 Å². The summed E-state index contributed by atoms with van der Waals surface area (Å²) in [7, 11) is 0. The van der Waals surface area contributed by atoms with Crippen LogP contribution in [0.2, 0.25) is 0 Å². The first-order valence-electron chi connectivity index (χ1n) is 0. The molecule has 0 saturated carbocycles. The van der Waals surface area contributed by atoms with E-state index in [0.717, 1.165) is 0 Å². The van der Waals surface area contributed by atoms with Crippen LogP contribution in [-0.2, 0) is 71.4 Å². The zero-order chi connectivity index (χ0) is 0. The van der Waals surface area contributed by atoms with Crippen LogP contribution in [0.3, 0.4) is 0 Å². The predicted octanol–water partition coefficient (Wildman–Crippen LogP) is -0.391. The van der Waals surface area contributed by atoms with Gasteiger partial charge in [-0.05, 0) is 0 Å². The van der Waals surface area contributed by atoms with Crippen molar-refractivity contribution in [1.82, 2.24) is 0 Å². The average Bonchev–Trinajstić information content (AvgIpc) is 0. The Balaban J connectivity index is 0. The van der Waals surface area contributed by atoms with Gasteiger partial charge in [0, 0.05) is 97.2 Å². The van der Waals surface area contributed by atoms with Crippen LogP contribution < -0.4 is 0 Å². The number of hydrogen-bond acceptors (Lipinski definition) is 0. The van der Waals surface area contributed by atoms with Crippen molar-refractivity contribution in [2.45, 2.75) is 0 Å². The van der Waals surface area contributed by atoms with Gasteiger partial charge in [0.05, 0.1) is 0 Å². The van der Waals surface area contributed by atoms with Crippen molar-refractivity contribution in [3.8, 4) is 0 Å². The molecule has 0 spiro atoms. The standard InChI is InChI=1S/Co.Cu.In.Mo.Ni. The molecule has 0 amide bonds. The summed E-state index contributed by atoms with van der Waals surface area (Å²) >= 11 is 0. The first kappa shape index (κ1) is 42.7. The minimum atomic E-state index is 0. The van der Waals surface area contributed by atoms with Crippen molar-refractivity contribution in [1.29, 1.82) is 0 Å². The van der Waals surface area contributed by atoms with Crippen molar-refractivity contribution in [3.63, 3.8) is 0 Å². The number of rotatable bonds is 0. The molecule has 0 saturated heterocycles. The van der Waals surface area contributed by atoms with Crippen LogP contribution in [0.5, 0.6) is 0 Å². The monoisotopic (exact) mass is 393 g/mol. The molecule has 5 heavy (non-hydrogen) atoms. The van der Waals surface area contributed by atoms with Gasteiger partial charge in [0.15, 0.2) is 0 Å². The smallest absolute Gasteiger partial charge is 0 e. The fourth-order valence-corrected chi connectivity index (χ4v) is 0. The van der Waals surface area contributed by atoms with Gasteiger partial charge in [-0.15, -0.1) is 0 Å². The summed E-state index contributed by atoms with van der Waals surface area (Å²) in [5.74, 6) is 0. The molecule has 0 aromatic rings. The molecule has 5 radical (unpaired) electrons. The Bertz CT molecular complexity index is 11.6. The summed E-state index contributed by atoms with van der Waals surface area (Å²) in [5, 5.41) is 0. The molecule has 0 aliphatic carbocycles. The molecule has 0 aromatic carbocycles. The Morgan fingerprint density at radius 1 is 1.00 bits per heavy atom. The normalized spacial score (nSPS) is 0. The zero-order valence-corrected chi connectivity index (χ0v) is 10.2. The van der Waals surface area contributed by atoms with Crippen LogP contribution >= 0.6 is 0 Å². The largest absolute Gasteiger partial charge is 0 e. The van der Waals surface area contributed by atoms with Crippen molar-refractivity contribution in [2.75, 3.05) is 0 Å². The molecule has 0 N–H and O–H groups in total. The molecule has 0 atom stereocenters. The molecule has 0 aliphatic heterocycles. The average molecular weight is 392 g/mol. The summed E-state index contributed by atoms with van der Waals surface area (Å²) in [5.41, 5.74) is 0. The van der Waals surface area contributed by atoms with E-state index in [1.54, 1.807) is 0 Å². The fourth-order valence-electron chi connectivity index (χ4n) is 0. The van der Waals surface area contributed by atoms with Crippen molar-refractivity contribution >= 4 is 25.8 Å². The molecular weight excluding hydrogens is 392 g/mol. The van der Waals surface area contributed by atoms with Gasteiger partial charge in [0.2, 0.25) is 0 Å². The second kappa shape index (κ2) is 27.6. The molecular formula is CoCuInMoNi. The summed E-state index contributed by atoms with van der Waals surface area (Å²) in [6.45, 7) is 0. The molecule has 0 aromatic heterocycles. The SMILES string of the molecule is [Co].[Cu].[In].[Mo].[Ni]. The van der Waals surface area contributed by atoms with Crippen molar-refractivity contribution in [3.05, 3.63) is 0 Å². The number of hydrogen-bond donors (Lipinski definition) is 0. The minimum absolute atomic E-state index is 0. The first-order chi connectivity index (χ1) is 0. The quantitative estimate of drug-likeness (QED) is 0.493. The maximum absolute atomic E-state index is 0. The van der Waals surface area contributed by atoms with Crippen LogP contribution in [0.25, 0.3) is 0 Å². The predicted molar refractivity (Wildman–Crippen MR) is 5.75 cm³/mol. The topological polar surface area (TPSA) is 0 Å². The van der Waals surface area contributed by atoms with Crippen LogP contribution in [0, 0.1) is 0 Å². The van der Waals surface area contributed by atoms with E-state index >= 15 is 0 Å². The van der Waals surface area contributed by atoms with Gasteiger partial charge in [-0.3, -0.25) is 0 Å². The minimum Gasteiger partial charge on any atom is 0 e. The Morgan fingerprint density at radius 3 is 1.00 bits per heavy atom. The summed E-state index contributed by atoms with van der Waals surface area (Å²) in [4.78, 5) is 0. The third kappa shape index (κ3) is 19.3. The summed E-state index contributed by atoms with van der Waals surface area (Å²) in [6.07, 6.45) is 0. The Hall–Kier alpha value is 3.08. The van der Waals surface area contributed by atoms with Gasteiger partial charge in [0.25, 0.3) is 0 Å². The summed E-state index contributed by atoms with van der Waals surface area (Å²) < 4.78 is 0. The Morgan fingerprint density at radius 2 is 1.00 bits per heavy atom. The molecule has 0 fully saturated rings. The molecule has 39 valence electrons. The van der Waals surface area contributed by atoms with Crippen molar-refractivity contribution < 1.29 is 71.4 Å². The zero-order valence-electron chi connectivity index (χ0n) is 1.94. The maximum Gasteiger partial charge on any atom is 0 e. The van der Waals surface area contributed by atoms with E-state index in [0.29, 0.717) is 0 Å².